The average Bonchev–Trinajstić information content (AvgIpc) is 3.17. The van der Waals surface area contributed by atoms with Crippen LogP contribution in [0.1, 0.15) is 142 Å². The van der Waals surface area contributed by atoms with E-state index in [0.29, 0.717) is 19.3 Å². The van der Waals surface area contributed by atoms with Gasteiger partial charge in [-0.15, -0.1) is 0 Å². The van der Waals surface area contributed by atoms with E-state index in [0.717, 1.165) is 89.9 Å². The highest BCUT2D eigenvalue weighted by Crippen LogP contribution is 2.13. The molecule has 2 atom stereocenters. The molecule has 0 aliphatic carbocycles. The van der Waals surface area contributed by atoms with Crippen molar-refractivity contribution in [2.45, 2.75) is 154 Å². The summed E-state index contributed by atoms with van der Waals surface area (Å²) in [5.41, 5.74) is 0. The molecule has 0 aromatic rings. The fourth-order valence-corrected chi connectivity index (χ4v) is 5.74. The number of carboxylic acids is 1. The van der Waals surface area contributed by atoms with E-state index in [-0.39, 0.29) is 36.2 Å². The van der Waals surface area contributed by atoms with Crippen LogP contribution in [0.5, 0.6) is 0 Å². The van der Waals surface area contributed by atoms with Crippen LogP contribution in [0, 0.1) is 0 Å². The highest BCUT2D eigenvalue weighted by Gasteiger charge is 2.31. The van der Waals surface area contributed by atoms with Crippen LogP contribution in [-0.2, 0) is 28.6 Å². The van der Waals surface area contributed by atoms with Gasteiger partial charge in [0.2, 0.25) is 0 Å². The average molecular weight is 795 g/mol. The molecule has 0 amide bonds. The van der Waals surface area contributed by atoms with E-state index in [1.807, 2.05) is 57.6 Å². The summed E-state index contributed by atoms with van der Waals surface area (Å²) < 4.78 is 17.2. The van der Waals surface area contributed by atoms with Crippen LogP contribution in [0.25, 0.3) is 0 Å². The molecule has 8 nitrogen and oxygen atoms in total. The second-order valence-corrected chi connectivity index (χ2v) is 15.3. The predicted molar refractivity (Wildman–Crippen MR) is 238 cm³/mol. The summed E-state index contributed by atoms with van der Waals surface area (Å²) in [5.74, 6) is -1.55. The Morgan fingerprint density at radius 1 is 0.544 bits per heavy atom. The van der Waals surface area contributed by atoms with Gasteiger partial charge in [-0.05, 0) is 70.6 Å². The molecule has 0 bridgehead atoms. The molecule has 0 saturated heterocycles. The first-order valence-corrected chi connectivity index (χ1v) is 21.8. The standard InChI is InChI=1S/C49H79NO7/c1-6-8-10-12-14-16-18-20-21-22-23-24-25-26-28-30-32-34-36-38-40-48(52)57-45(43-55-42-41-46(49(53)54)50(3,4)5)44-56-47(51)39-37-35-33-31-29-27-19-17-15-13-11-9-7-2/h8-11,13-17,19-21,23-24,27,29,45-46H,6-7,12,18,22,25-26,28,30-44H2,1-5H3/p+1/b10-8+,11-9+,15-13+,16-14+,19-17+,21-20+,24-23+,29-27+. The number of esters is 2. The van der Waals surface area contributed by atoms with E-state index < -0.39 is 18.1 Å². The van der Waals surface area contributed by atoms with E-state index >= 15 is 0 Å². The van der Waals surface area contributed by atoms with Gasteiger partial charge in [0.15, 0.2) is 12.1 Å². The molecule has 322 valence electrons. The Morgan fingerprint density at radius 2 is 1.02 bits per heavy atom. The van der Waals surface area contributed by atoms with Gasteiger partial charge in [0.25, 0.3) is 0 Å². The molecule has 8 heteroatoms. The molecule has 0 aromatic heterocycles. The van der Waals surface area contributed by atoms with Crippen molar-refractivity contribution in [3.63, 3.8) is 0 Å². The molecule has 0 aliphatic rings. The van der Waals surface area contributed by atoms with Gasteiger partial charge in [-0.25, -0.2) is 4.79 Å². The first-order valence-electron chi connectivity index (χ1n) is 21.8. The summed E-state index contributed by atoms with van der Waals surface area (Å²) in [7, 11) is 5.50. The molecule has 0 saturated carbocycles. The maximum absolute atomic E-state index is 12.7. The molecule has 0 rings (SSSR count). The number of quaternary nitrogens is 1. The van der Waals surface area contributed by atoms with Gasteiger partial charge in [-0.3, -0.25) is 9.59 Å². The molecule has 0 heterocycles. The SMILES string of the molecule is CC/C=C/C=C/C=C/C=C/CCCCCC(=O)OCC(COCCC(C(=O)O)[N+](C)(C)C)OC(=O)CCCCCCCCC/C=C/C/C=C/C/C=C/C/C=C/CC. The van der Waals surface area contributed by atoms with Gasteiger partial charge in [0.1, 0.15) is 6.61 Å². The van der Waals surface area contributed by atoms with Crippen molar-refractivity contribution >= 4 is 17.9 Å². The fourth-order valence-electron chi connectivity index (χ4n) is 5.74. The van der Waals surface area contributed by atoms with E-state index in [1.54, 1.807) is 0 Å². The van der Waals surface area contributed by atoms with Crippen molar-refractivity contribution < 1.29 is 38.2 Å². The summed E-state index contributed by atoms with van der Waals surface area (Å²) in [6, 6.07) is -0.628. The van der Waals surface area contributed by atoms with Gasteiger partial charge < -0.3 is 23.8 Å². The maximum atomic E-state index is 12.7. The zero-order valence-electron chi connectivity index (χ0n) is 36.5. The maximum Gasteiger partial charge on any atom is 0.362 e. The van der Waals surface area contributed by atoms with Crippen LogP contribution in [0.3, 0.4) is 0 Å². The van der Waals surface area contributed by atoms with Crippen LogP contribution < -0.4 is 0 Å². The Bertz CT molecular complexity index is 1250. The quantitative estimate of drug-likeness (QED) is 0.0220. The molecule has 0 fully saturated rings. The van der Waals surface area contributed by atoms with Crippen LogP contribution in [0.15, 0.2) is 97.2 Å². The summed E-state index contributed by atoms with van der Waals surface area (Å²) >= 11 is 0. The van der Waals surface area contributed by atoms with Crippen molar-refractivity contribution in [2.24, 2.45) is 0 Å². The monoisotopic (exact) mass is 795 g/mol. The lowest BCUT2D eigenvalue weighted by atomic mass is 10.1. The number of unbranched alkanes of at least 4 members (excludes halogenated alkanes) is 10. The highest BCUT2D eigenvalue weighted by molar-refractivity contribution is 5.72. The van der Waals surface area contributed by atoms with E-state index in [1.165, 1.54) is 19.3 Å². The number of aliphatic carboxylic acids is 1. The zero-order chi connectivity index (χ0) is 42.1. The van der Waals surface area contributed by atoms with Crippen LogP contribution in [0.4, 0.5) is 0 Å². The molecule has 0 radical (unpaired) electrons. The number of hydrogen-bond acceptors (Lipinski definition) is 6. The zero-order valence-corrected chi connectivity index (χ0v) is 36.5. The molecule has 0 spiro atoms. The van der Waals surface area contributed by atoms with Crippen LogP contribution in [0.2, 0.25) is 0 Å². The largest absolute Gasteiger partial charge is 0.477 e. The van der Waals surface area contributed by atoms with E-state index in [9.17, 15) is 19.5 Å². The van der Waals surface area contributed by atoms with Crippen LogP contribution in [-0.4, -0.2) is 80.6 Å². The fraction of sp³-hybridized carbons (Fsp3) is 0.612. The third kappa shape index (κ3) is 37.6. The first kappa shape index (κ1) is 53.2. The van der Waals surface area contributed by atoms with Gasteiger partial charge in [0, 0.05) is 19.3 Å². The summed E-state index contributed by atoms with van der Waals surface area (Å²) in [4.78, 5) is 37.0. The van der Waals surface area contributed by atoms with Crippen molar-refractivity contribution in [2.75, 3.05) is 41.0 Å². The van der Waals surface area contributed by atoms with Crippen molar-refractivity contribution in [3.05, 3.63) is 97.2 Å². The van der Waals surface area contributed by atoms with Gasteiger partial charge in [0.05, 0.1) is 34.4 Å². The Morgan fingerprint density at radius 3 is 1.60 bits per heavy atom. The van der Waals surface area contributed by atoms with Gasteiger partial charge >= 0.3 is 17.9 Å². The third-order valence-electron chi connectivity index (χ3n) is 9.07. The first-order chi connectivity index (χ1) is 27.6. The smallest absolute Gasteiger partial charge is 0.362 e. The van der Waals surface area contributed by atoms with E-state index in [4.69, 9.17) is 14.2 Å². The number of likely N-dealkylation sites (N-methyl/N-ethyl adjacent to an activating group) is 1. The summed E-state index contributed by atoms with van der Waals surface area (Å²) in [6.45, 7) is 4.40. The molecule has 0 aliphatic heterocycles. The van der Waals surface area contributed by atoms with Gasteiger partial charge in [-0.2, -0.15) is 0 Å². The third-order valence-corrected chi connectivity index (χ3v) is 9.07. The van der Waals surface area contributed by atoms with Crippen molar-refractivity contribution in [3.8, 4) is 0 Å². The molecule has 2 unspecified atom stereocenters. The number of carbonyl (C=O) groups is 3. The van der Waals surface area contributed by atoms with Gasteiger partial charge in [-0.1, -0.05) is 150 Å². The lowest BCUT2D eigenvalue weighted by Crippen LogP contribution is -2.50. The Kier molecular flexibility index (Phi) is 36.5. The number of carboxylic acid groups (broad SMARTS) is 1. The Labute approximate surface area is 347 Å². The summed E-state index contributed by atoms with van der Waals surface area (Å²) in [5, 5.41) is 9.62. The number of allylic oxidation sites excluding steroid dienone is 16. The molecular formula is C49H80NO7+. The highest BCUT2D eigenvalue weighted by atomic mass is 16.6. The molecule has 0 aromatic carbocycles. The second-order valence-electron chi connectivity index (χ2n) is 15.3. The Balaban J connectivity index is 4.42. The second kappa shape index (κ2) is 39.1. The number of rotatable bonds is 37. The lowest BCUT2D eigenvalue weighted by Gasteiger charge is -2.31. The minimum absolute atomic E-state index is 0.0371. The van der Waals surface area contributed by atoms with Crippen LogP contribution >= 0.6 is 0 Å². The number of hydrogen-bond donors (Lipinski definition) is 1. The van der Waals surface area contributed by atoms with E-state index in [2.05, 4.69) is 74.6 Å². The predicted octanol–water partition coefficient (Wildman–Crippen LogP) is 11.9. The number of nitrogens with zero attached hydrogens (tertiary/aromatic N) is 1. The number of carbonyl (C=O) groups excluding carboxylic acids is 2. The van der Waals surface area contributed by atoms with Crippen molar-refractivity contribution in [1.29, 1.82) is 0 Å². The lowest BCUT2D eigenvalue weighted by molar-refractivity contribution is -0.887. The number of ether oxygens (including phenoxy) is 3. The summed E-state index contributed by atoms with van der Waals surface area (Å²) in [6.07, 6.45) is 51.7. The minimum atomic E-state index is -0.888. The normalized spacial score (nSPS) is 13.9. The van der Waals surface area contributed by atoms with Crippen molar-refractivity contribution in [1.82, 2.24) is 0 Å². The minimum Gasteiger partial charge on any atom is -0.477 e. The topological polar surface area (TPSA) is 99.1 Å². The molecule has 57 heavy (non-hydrogen) atoms. The molecular weight excluding hydrogens is 715 g/mol. The Hall–Kier alpha value is -3.75. The molecule has 1 N–H and O–H groups in total.